The van der Waals surface area contributed by atoms with E-state index in [4.69, 9.17) is 14.2 Å². The lowest BCUT2D eigenvalue weighted by molar-refractivity contribution is -0.119. The molecule has 0 bridgehead atoms. The molecular formula is C21H19N3O4S. The predicted molar refractivity (Wildman–Crippen MR) is 112 cm³/mol. The molecule has 0 saturated heterocycles. The molecule has 0 aliphatic carbocycles. The Hall–Kier alpha value is -3.39. The maximum atomic E-state index is 13.0. The minimum absolute atomic E-state index is 0.0966. The number of rotatable bonds is 6. The first kappa shape index (κ1) is 18.9. The van der Waals surface area contributed by atoms with Gasteiger partial charge in [0.2, 0.25) is 10.9 Å². The van der Waals surface area contributed by atoms with Crippen molar-refractivity contribution in [2.24, 2.45) is 5.10 Å². The molecule has 0 radical (unpaired) electrons. The lowest BCUT2D eigenvalue weighted by Gasteiger charge is -2.19. The molecule has 2 aromatic carbocycles. The predicted octanol–water partition coefficient (Wildman–Crippen LogP) is 3.95. The largest absolute Gasteiger partial charge is 0.494 e. The third-order valence-corrected chi connectivity index (χ3v) is 5.04. The van der Waals surface area contributed by atoms with Gasteiger partial charge in [-0.3, -0.25) is 4.79 Å². The number of hydrogen-bond acceptors (Lipinski definition) is 7. The average Bonchev–Trinajstić information content (AvgIpc) is 3.19. The molecule has 1 amide bonds. The molecule has 7 nitrogen and oxygen atoms in total. The molecule has 2 heterocycles. The van der Waals surface area contributed by atoms with E-state index in [0.717, 1.165) is 21.5 Å². The highest BCUT2D eigenvalue weighted by Crippen LogP contribution is 2.30. The van der Waals surface area contributed by atoms with Gasteiger partial charge in [0.25, 0.3) is 0 Å². The molecule has 1 aliphatic heterocycles. The molecular weight excluding hydrogens is 390 g/mol. The smallest absolute Gasteiger partial charge is 0.319 e. The number of nitrogens with zero attached hydrogens (tertiary/aromatic N) is 3. The molecule has 8 heteroatoms. The van der Waals surface area contributed by atoms with E-state index >= 15 is 0 Å². The average molecular weight is 409 g/mol. The summed E-state index contributed by atoms with van der Waals surface area (Å²) in [4.78, 5) is 17.6. The summed E-state index contributed by atoms with van der Waals surface area (Å²) >= 11 is 1.38. The second kappa shape index (κ2) is 8.74. The second-order valence-corrected chi connectivity index (χ2v) is 7.04. The van der Waals surface area contributed by atoms with Gasteiger partial charge in [-0.2, -0.15) is 10.1 Å². The van der Waals surface area contributed by atoms with Crippen molar-refractivity contribution in [2.75, 3.05) is 24.8 Å². The maximum Gasteiger partial charge on any atom is 0.319 e. The van der Waals surface area contributed by atoms with Crippen molar-refractivity contribution >= 4 is 38.8 Å². The van der Waals surface area contributed by atoms with Crippen molar-refractivity contribution in [3.63, 3.8) is 0 Å². The Bertz CT molecular complexity index is 1030. The fourth-order valence-corrected chi connectivity index (χ4v) is 3.59. The molecule has 1 aromatic heterocycles. The summed E-state index contributed by atoms with van der Waals surface area (Å²) in [6.07, 6.45) is 2.92. The zero-order chi connectivity index (χ0) is 20.1. The molecule has 148 valence electrons. The monoisotopic (exact) mass is 409 g/mol. The lowest BCUT2D eigenvalue weighted by Crippen LogP contribution is -2.30. The summed E-state index contributed by atoms with van der Waals surface area (Å²) in [5.41, 5.74) is 1.62. The molecule has 3 aromatic rings. The number of thiazole rings is 1. The number of carbonyl (C=O) groups is 1. The first-order valence-corrected chi connectivity index (χ1v) is 9.97. The standard InChI is InChI=1S/C21H19N3O4S/c1-2-27-16-9-7-15(8-10-16)13-22-24(20(25)18-14-26-11-12-28-18)21-23-17-5-3-4-6-19(17)29-21/h3-10,13-14H,2,11-12H2,1H3/b22-13+. The van der Waals surface area contributed by atoms with Crippen molar-refractivity contribution < 1.29 is 19.0 Å². The van der Waals surface area contributed by atoms with Crippen LogP contribution in [0.5, 0.6) is 5.75 Å². The van der Waals surface area contributed by atoms with Gasteiger partial charge in [-0.1, -0.05) is 23.5 Å². The van der Waals surface area contributed by atoms with E-state index in [9.17, 15) is 4.79 Å². The van der Waals surface area contributed by atoms with Crippen molar-refractivity contribution in [1.29, 1.82) is 0 Å². The number of para-hydroxylation sites is 1. The molecule has 0 atom stereocenters. The summed E-state index contributed by atoms with van der Waals surface area (Å²) < 4.78 is 17.1. The van der Waals surface area contributed by atoms with Crippen molar-refractivity contribution in [3.05, 3.63) is 66.1 Å². The van der Waals surface area contributed by atoms with Gasteiger partial charge < -0.3 is 14.2 Å². The van der Waals surface area contributed by atoms with Crippen LogP contribution < -0.4 is 9.75 Å². The van der Waals surface area contributed by atoms with Crippen molar-refractivity contribution in [1.82, 2.24) is 4.98 Å². The molecule has 0 unspecified atom stereocenters. The number of anilines is 1. The highest BCUT2D eigenvalue weighted by molar-refractivity contribution is 7.22. The third-order valence-electron chi connectivity index (χ3n) is 4.03. The highest BCUT2D eigenvalue weighted by Gasteiger charge is 2.26. The Kier molecular flexibility index (Phi) is 5.71. The van der Waals surface area contributed by atoms with Gasteiger partial charge >= 0.3 is 5.91 Å². The Morgan fingerprint density at radius 2 is 2.07 bits per heavy atom. The summed E-state index contributed by atoms with van der Waals surface area (Å²) in [5, 5.41) is 6.09. The maximum absolute atomic E-state index is 13.0. The third kappa shape index (κ3) is 4.38. The molecule has 1 aliphatic rings. The summed E-state index contributed by atoms with van der Waals surface area (Å²) in [7, 11) is 0. The molecule has 29 heavy (non-hydrogen) atoms. The number of amides is 1. The van der Waals surface area contributed by atoms with Crippen LogP contribution in [0.4, 0.5) is 5.13 Å². The first-order valence-electron chi connectivity index (χ1n) is 9.16. The second-order valence-electron chi connectivity index (χ2n) is 6.03. The quantitative estimate of drug-likeness (QED) is 0.455. The van der Waals surface area contributed by atoms with E-state index in [0.29, 0.717) is 25.0 Å². The van der Waals surface area contributed by atoms with Crippen LogP contribution in [0, 0.1) is 0 Å². The van der Waals surface area contributed by atoms with Gasteiger partial charge in [-0.15, -0.1) is 0 Å². The van der Waals surface area contributed by atoms with E-state index < -0.39 is 5.91 Å². The van der Waals surface area contributed by atoms with Crippen LogP contribution in [0.15, 0.2) is 65.7 Å². The molecule has 0 fully saturated rings. The minimum atomic E-state index is -0.439. The van der Waals surface area contributed by atoms with E-state index in [1.54, 1.807) is 6.21 Å². The SMILES string of the molecule is CCOc1ccc(/C=N/N(C(=O)C2=COCCO2)c2nc3ccccc3s2)cc1. The normalized spacial score (nSPS) is 13.6. The van der Waals surface area contributed by atoms with E-state index in [1.165, 1.54) is 22.6 Å². The molecule has 4 rings (SSSR count). The Labute approximate surface area is 171 Å². The van der Waals surface area contributed by atoms with Crippen LogP contribution in [0.25, 0.3) is 10.2 Å². The van der Waals surface area contributed by atoms with E-state index in [1.807, 2.05) is 55.5 Å². The van der Waals surface area contributed by atoms with Gasteiger partial charge in [0.1, 0.15) is 25.2 Å². The zero-order valence-electron chi connectivity index (χ0n) is 15.8. The zero-order valence-corrected chi connectivity index (χ0v) is 16.6. The number of ether oxygens (including phenoxy) is 3. The lowest BCUT2D eigenvalue weighted by atomic mass is 10.2. The Morgan fingerprint density at radius 1 is 1.24 bits per heavy atom. The number of aromatic nitrogens is 1. The fourth-order valence-electron chi connectivity index (χ4n) is 2.67. The summed E-state index contributed by atoms with van der Waals surface area (Å²) in [6, 6.07) is 15.1. The number of hydrogen-bond donors (Lipinski definition) is 0. The number of carbonyl (C=O) groups excluding carboxylic acids is 1. The number of benzene rings is 2. The molecule has 0 spiro atoms. The van der Waals surface area contributed by atoms with E-state index in [2.05, 4.69) is 10.1 Å². The fraction of sp³-hybridized carbons (Fsp3) is 0.190. The Morgan fingerprint density at radius 3 is 2.79 bits per heavy atom. The highest BCUT2D eigenvalue weighted by atomic mass is 32.1. The number of hydrazone groups is 1. The summed E-state index contributed by atoms with van der Waals surface area (Å²) in [5.74, 6) is 0.437. The van der Waals surface area contributed by atoms with Gasteiger partial charge in [0.15, 0.2) is 0 Å². The van der Waals surface area contributed by atoms with Gasteiger partial charge in [0.05, 0.1) is 23.0 Å². The van der Waals surface area contributed by atoms with Gasteiger partial charge in [-0.05, 0) is 48.9 Å². The Balaban J connectivity index is 1.65. The minimum Gasteiger partial charge on any atom is -0.494 e. The van der Waals surface area contributed by atoms with Crippen LogP contribution in [0.3, 0.4) is 0 Å². The first-order chi connectivity index (χ1) is 14.2. The van der Waals surface area contributed by atoms with Crippen LogP contribution >= 0.6 is 11.3 Å². The van der Waals surface area contributed by atoms with Crippen LogP contribution in [-0.2, 0) is 14.3 Å². The van der Waals surface area contributed by atoms with Crippen molar-refractivity contribution in [2.45, 2.75) is 6.92 Å². The van der Waals surface area contributed by atoms with E-state index in [-0.39, 0.29) is 5.76 Å². The van der Waals surface area contributed by atoms with Crippen LogP contribution in [-0.4, -0.2) is 36.9 Å². The molecule has 0 N–H and O–H groups in total. The number of fused-ring (bicyclic) bond motifs is 1. The molecule has 0 saturated carbocycles. The van der Waals surface area contributed by atoms with Gasteiger partial charge in [-0.25, -0.2) is 4.98 Å². The van der Waals surface area contributed by atoms with Crippen LogP contribution in [0.2, 0.25) is 0 Å². The van der Waals surface area contributed by atoms with Gasteiger partial charge in [0, 0.05) is 0 Å². The van der Waals surface area contributed by atoms with Crippen LogP contribution in [0.1, 0.15) is 12.5 Å². The van der Waals surface area contributed by atoms with Crippen molar-refractivity contribution in [3.8, 4) is 5.75 Å². The topological polar surface area (TPSA) is 73.2 Å². The summed E-state index contributed by atoms with van der Waals surface area (Å²) in [6.45, 7) is 3.26.